The minimum absolute atomic E-state index is 0.824. The van der Waals surface area contributed by atoms with Gasteiger partial charge in [-0.3, -0.25) is 4.99 Å². The third-order valence-electron chi connectivity index (χ3n) is 3.26. The van der Waals surface area contributed by atoms with Crippen LogP contribution in [0.1, 0.15) is 12.5 Å². The number of halogens is 1. The Bertz CT molecular complexity index is 434. The van der Waals surface area contributed by atoms with Gasteiger partial charge in [-0.2, -0.15) is 0 Å². The maximum absolute atomic E-state index is 4.33. The predicted octanol–water partition coefficient (Wildman–Crippen LogP) is 2.41. The number of likely N-dealkylation sites (N-methyl/N-ethyl adjacent to an activating group) is 1. The third-order valence-corrected chi connectivity index (χ3v) is 4.03. The van der Waals surface area contributed by atoms with Gasteiger partial charge in [0.2, 0.25) is 0 Å². The molecule has 0 unspecified atom stereocenters. The molecule has 0 aromatic heterocycles. The molecule has 1 aromatic carbocycles. The van der Waals surface area contributed by atoms with Gasteiger partial charge in [-0.15, -0.1) is 0 Å². The first kappa shape index (κ1) is 17.0. The summed E-state index contributed by atoms with van der Waals surface area (Å²) in [6, 6.07) is 8.27. The Morgan fingerprint density at radius 1 is 1.30 bits per heavy atom. The Morgan fingerprint density at radius 3 is 2.60 bits per heavy atom. The van der Waals surface area contributed by atoms with E-state index in [2.05, 4.69) is 75.3 Å². The summed E-state index contributed by atoms with van der Waals surface area (Å²) in [6.45, 7) is 5.96. The van der Waals surface area contributed by atoms with Crippen LogP contribution >= 0.6 is 15.9 Å². The van der Waals surface area contributed by atoms with Gasteiger partial charge in [-0.25, -0.2) is 0 Å². The molecular formula is C15H25BrN4. The van der Waals surface area contributed by atoms with Gasteiger partial charge in [0.25, 0.3) is 0 Å². The van der Waals surface area contributed by atoms with Crippen molar-refractivity contribution in [3.63, 3.8) is 0 Å². The van der Waals surface area contributed by atoms with Gasteiger partial charge in [0.1, 0.15) is 0 Å². The fraction of sp³-hybridized carbons (Fsp3) is 0.533. The molecule has 4 nitrogen and oxygen atoms in total. The van der Waals surface area contributed by atoms with Crippen LogP contribution in [0, 0.1) is 0 Å². The van der Waals surface area contributed by atoms with Crippen molar-refractivity contribution in [1.82, 2.24) is 15.1 Å². The summed E-state index contributed by atoms with van der Waals surface area (Å²) < 4.78 is 1.13. The molecule has 0 aliphatic rings. The molecule has 0 spiro atoms. The number of guanidine groups is 1. The fourth-order valence-corrected chi connectivity index (χ4v) is 2.27. The van der Waals surface area contributed by atoms with E-state index in [1.165, 1.54) is 5.56 Å². The Labute approximate surface area is 131 Å². The van der Waals surface area contributed by atoms with Crippen molar-refractivity contribution in [2.75, 3.05) is 40.8 Å². The summed E-state index contributed by atoms with van der Waals surface area (Å²) in [5.74, 6) is 0.922. The lowest BCUT2D eigenvalue weighted by molar-refractivity contribution is 0.353. The summed E-state index contributed by atoms with van der Waals surface area (Å²) >= 11 is 3.58. The van der Waals surface area contributed by atoms with Crippen LogP contribution in [0.2, 0.25) is 0 Å². The zero-order valence-corrected chi connectivity index (χ0v) is 14.4. The Morgan fingerprint density at radius 2 is 2.00 bits per heavy atom. The molecule has 1 N–H and O–H groups in total. The van der Waals surface area contributed by atoms with Crippen molar-refractivity contribution in [1.29, 1.82) is 0 Å². The molecular weight excluding hydrogens is 316 g/mol. The zero-order chi connectivity index (χ0) is 15.0. The molecule has 0 aliphatic heterocycles. The van der Waals surface area contributed by atoms with Crippen LogP contribution in [0.25, 0.3) is 0 Å². The van der Waals surface area contributed by atoms with E-state index in [1.807, 2.05) is 13.1 Å². The van der Waals surface area contributed by atoms with Crippen molar-refractivity contribution >= 4 is 21.9 Å². The number of nitrogens with zero attached hydrogens (tertiary/aromatic N) is 3. The summed E-state index contributed by atoms with van der Waals surface area (Å²) in [5, 5.41) is 3.39. The third kappa shape index (κ3) is 5.51. The average Bonchev–Trinajstić information content (AvgIpc) is 2.45. The highest BCUT2D eigenvalue weighted by Gasteiger charge is 2.08. The molecule has 0 fully saturated rings. The van der Waals surface area contributed by atoms with Crippen molar-refractivity contribution in [3.05, 3.63) is 34.3 Å². The van der Waals surface area contributed by atoms with Crippen LogP contribution in [0.4, 0.5) is 0 Å². The summed E-state index contributed by atoms with van der Waals surface area (Å²) in [7, 11) is 6.00. The van der Waals surface area contributed by atoms with Crippen molar-refractivity contribution in [2.24, 2.45) is 4.99 Å². The van der Waals surface area contributed by atoms with Gasteiger partial charge in [0.15, 0.2) is 5.96 Å². The molecule has 0 atom stereocenters. The largest absolute Gasteiger partial charge is 0.355 e. The fourth-order valence-electron chi connectivity index (χ4n) is 1.86. The molecule has 1 rings (SSSR count). The molecule has 1 aromatic rings. The van der Waals surface area contributed by atoms with E-state index < -0.39 is 0 Å². The van der Waals surface area contributed by atoms with Crippen LogP contribution < -0.4 is 5.32 Å². The lowest BCUT2D eigenvalue weighted by Crippen LogP contribution is -2.41. The number of aliphatic imine (C=N–C) groups is 1. The Balaban J connectivity index is 2.51. The molecule has 0 aliphatic carbocycles. The lowest BCUT2D eigenvalue weighted by atomic mass is 10.2. The second kappa shape index (κ2) is 8.97. The second-order valence-corrected chi connectivity index (χ2v) is 5.67. The maximum Gasteiger partial charge on any atom is 0.193 e. The van der Waals surface area contributed by atoms with E-state index in [4.69, 9.17) is 0 Å². The monoisotopic (exact) mass is 340 g/mol. The van der Waals surface area contributed by atoms with Gasteiger partial charge in [0.05, 0.1) is 0 Å². The van der Waals surface area contributed by atoms with E-state index in [-0.39, 0.29) is 0 Å². The Hall–Kier alpha value is -1.07. The number of rotatable bonds is 6. The average molecular weight is 341 g/mol. The highest BCUT2D eigenvalue weighted by Crippen LogP contribution is 2.17. The molecule has 0 saturated carbocycles. The molecule has 20 heavy (non-hydrogen) atoms. The predicted molar refractivity (Wildman–Crippen MR) is 90.1 cm³/mol. The van der Waals surface area contributed by atoms with E-state index in [9.17, 15) is 0 Å². The first-order valence-corrected chi connectivity index (χ1v) is 7.71. The Kier molecular flexibility index (Phi) is 7.62. The molecule has 0 amide bonds. The zero-order valence-electron chi connectivity index (χ0n) is 12.9. The standard InChI is InChI=1S/C15H25BrN4/c1-5-19(3)11-10-18-15(17-2)20(4)12-13-8-6-7-9-14(13)16/h6-9H,5,10-12H2,1-4H3,(H,17,18). The molecule has 112 valence electrons. The van der Waals surface area contributed by atoms with Crippen molar-refractivity contribution < 1.29 is 0 Å². The molecule has 0 saturated heterocycles. The first-order chi connectivity index (χ1) is 9.58. The van der Waals surface area contributed by atoms with Crippen molar-refractivity contribution in [2.45, 2.75) is 13.5 Å². The van der Waals surface area contributed by atoms with Gasteiger partial charge in [0, 0.05) is 38.2 Å². The molecule has 0 heterocycles. The van der Waals surface area contributed by atoms with Crippen LogP contribution in [-0.2, 0) is 6.54 Å². The van der Waals surface area contributed by atoms with Gasteiger partial charge >= 0.3 is 0 Å². The second-order valence-electron chi connectivity index (χ2n) is 4.82. The summed E-state index contributed by atoms with van der Waals surface area (Å²) in [4.78, 5) is 8.74. The number of benzene rings is 1. The normalized spacial score (nSPS) is 11.8. The highest BCUT2D eigenvalue weighted by molar-refractivity contribution is 9.10. The SMILES string of the molecule is CCN(C)CCNC(=NC)N(C)Cc1ccccc1Br. The van der Waals surface area contributed by atoms with E-state index in [0.29, 0.717) is 0 Å². The van der Waals surface area contributed by atoms with Gasteiger partial charge in [-0.05, 0) is 25.2 Å². The van der Waals surface area contributed by atoms with Gasteiger partial charge < -0.3 is 15.1 Å². The van der Waals surface area contributed by atoms with Crippen molar-refractivity contribution in [3.8, 4) is 0 Å². The van der Waals surface area contributed by atoms with Crippen LogP contribution in [-0.4, -0.2) is 56.5 Å². The van der Waals surface area contributed by atoms with E-state index in [1.54, 1.807) is 0 Å². The van der Waals surface area contributed by atoms with Crippen LogP contribution in [0.3, 0.4) is 0 Å². The number of hydrogen-bond donors (Lipinski definition) is 1. The first-order valence-electron chi connectivity index (χ1n) is 6.92. The number of nitrogens with one attached hydrogen (secondary N) is 1. The lowest BCUT2D eigenvalue weighted by Gasteiger charge is -2.23. The maximum atomic E-state index is 4.33. The van der Waals surface area contributed by atoms with E-state index in [0.717, 1.165) is 36.6 Å². The van der Waals surface area contributed by atoms with Crippen LogP contribution in [0.5, 0.6) is 0 Å². The topological polar surface area (TPSA) is 30.9 Å². The minimum atomic E-state index is 0.824. The number of hydrogen-bond acceptors (Lipinski definition) is 2. The summed E-state index contributed by atoms with van der Waals surface area (Å²) in [6.07, 6.45) is 0. The molecule has 0 bridgehead atoms. The highest BCUT2D eigenvalue weighted by atomic mass is 79.9. The summed E-state index contributed by atoms with van der Waals surface area (Å²) in [5.41, 5.74) is 1.25. The quantitative estimate of drug-likeness (QED) is 0.637. The van der Waals surface area contributed by atoms with Crippen LogP contribution in [0.15, 0.2) is 33.7 Å². The van der Waals surface area contributed by atoms with Gasteiger partial charge in [-0.1, -0.05) is 41.1 Å². The molecule has 5 heteroatoms. The van der Waals surface area contributed by atoms with E-state index >= 15 is 0 Å². The molecule has 0 radical (unpaired) electrons. The minimum Gasteiger partial charge on any atom is -0.355 e. The smallest absolute Gasteiger partial charge is 0.193 e.